The van der Waals surface area contributed by atoms with Crippen LogP contribution in [0.4, 0.5) is 4.79 Å². The molecule has 0 bridgehead atoms. The van der Waals surface area contributed by atoms with Crippen LogP contribution < -0.4 is 0 Å². The van der Waals surface area contributed by atoms with E-state index in [1.807, 2.05) is 67.6 Å². The molecular weight excluding hydrogens is 420 g/mol. The van der Waals surface area contributed by atoms with Crippen LogP contribution in [0.5, 0.6) is 0 Å². The molecule has 1 aliphatic rings. The number of hydrogen-bond donors (Lipinski definition) is 0. The zero-order chi connectivity index (χ0) is 23.4. The molecule has 170 valence electrons. The second-order valence-electron chi connectivity index (χ2n) is 9.34. The van der Waals surface area contributed by atoms with Crippen LogP contribution in [0.1, 0.15) is 20.8 Å². The van der Waals surface area contributed by atoms with Crippen molar-refractivity contribution in [2.45, 2.75) is 31.9 Å². The molecule has 0 saturated carbocycles. The van der Waals surface area contributed by atoms with Crippen LogP contribution >= 0.6 is 0 Å². The molecule has 5 rings (SSSR count). The SMILES string of the molecule is C=CC1(n2cc(-c3nc(-c4cnn(C)c4)cc4nccn34)cn2)CN(C(=O)OC(C)(C)C)C1. The molecule has 1 aliphatic heterocycles. The molecule has 0 atom stereocenters. The standard InChI is InChI=1S/C23H26N8O2/c1-6-23(14-29(15-23)21(32)33-22(2,3)4)31-13-17(11-26-31)20-27-18(16-10-25-28(5)12-16)9-19-24-7-8-30(19)20/h6-13H,1,14-15H2,2-5H3. The number of amides is 1. The topological polar surface area (TPSA) is 95.4 Å². The summed E-state index contributed by atoms with van der Waals surface area (Å²) in [5.74, 6) is 0.720. The third kappa shape index (κ3) is 3.67. The lowest BCUT2D eigenvalue weighted by molar-refractivity contribution is -0.0175. The third-order valence-electron chi connectivity index (χ3n) is 5.65. The zero-order valence-corrected chi connectivity index (χ0v) is 19.1. The van der Waals surface area contributed by atoms with Crippen LogP contribution in [-0.2, 0) is 17.3 Å². The van der Waals surface area contributed by atoms with E-state index in [4.69, 9.17) is 9.72 Å². The van der Waals surface area contributed by atoms with Crippen molar-refractivity contribution in [3.8, 4) is 22.6 Å². The first kappa shape index (κ1) is 20.9. The maximum Gasteiger partial charge on any atom is 0.410 e. The summed E-state index contributed by atoms with van der Waals surface area (Å²) in [5, 5.41) is 8.85. The Balaban J connectivity index is 1.46. The largest absolute Gasteiger partial charge is 0.444 e. The maximum atomic E-state index is 12.4. The van der Waals surface area contributed by atoms with E-state index in [0.717, 1.165) is 28.3 Å². The third-order valence-corrected chi connectivity index (χ3v) is 5.65. The Labute approximate surface area is 191 Å². The van der Waals surface area contributed by atoms with Crippen molar-refractivity contribution in [2.24, 2.45) is 7.05 Å². The number of carbonyl (C=O) groups is 1. The second kappa shape index (κ2) is 7.29. The molecule has 1 amide bonds. The van der Waals surface area contributed by atoms with Gasteiger partial charge >= 0.3 is 6.09 Å². The summed E-state index contributed by atoms with van der Waals surface area (Å²) in [4.78, 5) is 23.4. The highest BCUT2D eigenvalue weighted by atomic mass is 16.6. The average Bonchev–Trinajstić information content (AvgIpc) is 3.46. The van der Waals surface area contributed by atoms with E-state index in [1.54, 1.807) is 28.2 Å². The molecular formula is C23H26N8O2. The highest BCUT2D eigenvalue weighted by molar-refractivity contribution is 5.70. The molecule has 5 heterocycles. The lowest BCUT2D eigenvalue weighted by Gasteiger charge is -2.48. The fourth-order valence-electron chi connectivity index (χ4n) is 3.95. The predicted octanol–water partition coefficient (Wildman–Crippen LogP) is 3.13. The summed E-state index contributed by atoms with van der Waals surface area (Å²) in [6.45, 7) is 10.4. The zero-order valence-electron chi connectivity index (χ0n) is 19.1. The van der Waals surface area contributed by atoms with Gasteiger partial charge in [-0.15, -0.1) is 6.58 Å². The average molecular weight is 447 g/mol. The van der Waals surface area contributed by atoms with Crippen LogP contribution in [0.25, 0.3) is 28.3 Å². The lowest BCUT2D eigenvalue weighted by Crippen LogP contribution is -2.63. The first-order chi connectivity index (χ1) is 15.7. The monoisotopic (exact) mass is 446 g/mol. The van der Waals surface area contributed by atoms with E-state index in [2.05, 4.69) is 21.8 Å². The molecule has 1 fully saturated rings. The number of nitrogens with zero attached hydrogens (tertiary/aromatic N) is 8. The molecule has 0 aliphatic carbocycles. The summed E-state index contributed by atoms with van der Waals surface area (Å²) in [6, 6.07) is 1.93. The lowest BCUT2D eigenvalue weighted by atomic mass is 9.90. The molecule has 4 aromatic rings. The van der Waals surface area contributed by atoms with Crippen molar-refractivity contribution in [3.05, 3.63) is 55.9 Å². The highest BCUT2D eigenvalue weighted by Gasteiger charge is 2.46. The van der Waals surface area contributed by atoms with Crippen molar-refractivity contribution in [1.29, 1.82) is 0 Å². The van der Waals surface area contributed by atoms with Crippen LogP contribution in [0.2, 0.25) is 0 Å². The number of aryl methyl sites for hydroxylation is 1. The van der Waals surface area contributed by atoms with Crippen molar-refractivity contribution in [3.63, 3.8) is 0 Å². The van der Waals surface area contributed by atoms with E-state index in [0.29, 0.717) is 13.1 Å². The quantitative estimate of drug-likeness (QED) is 0.447. The van der Waals surface area contributed by atoms with E-state index in [1.165, 1.54) is 0 Å². The Bertz CT molecular complexity index is 1350. The Kier molecular flexibility index (Phi) is 4.62. The molecule has 0 N–H and O–H groups in total. The predicted molar refractivity (Wildman–Crippen MR) is 122 cm³/mol. The summed E-state index contributed by atoms with van der Waals surface area (Å²) >= 11 is 0. The van der Waals surface area contributed by atoms with Gasteiger partial charge in [0.15, 0.2) is 0 Å². The van der Waals surface area contributed by atoms with Crippen LogP contribution in [-0.4, -0.2) is 63.6 Å². The van der Waals surface area contributed by atoms with Gasteiger partial charge in [-0.1, -0.05) is 6.08 Å². The minimum Gasteiger partial charge on any atom is -0.444 e. The summed E-state index contributed by atoms with van der Waals surface area (Å²) in [6.07, 6.45) is 12.5. The number of imidazole rings is 1. The molecule has 10 heteroatoms. The molecule has 1 saturated heterocycles. The van der Waals surface area contributed by atoms with E-state index in [9.17, 15) is 4.79 Å². The van der Waals surface area contributed by atoms with Gasteiger partial charge in [0.2, 0.25) is 0 Å². The number of rotatable bonds is 4. The normalized spacial score (nSPS) is 15.5. The summed E-state index contributed by atoms with van der Waals surface area (Å²) in [7, 11) is 1.87. The van der Waals surface area contributed by atoms with Gasteiger partial charge in [0.05, 0.1) is 36.7 Å². The van der Waals surface area contributed by atoms with Crippen molar-refractivity contribution < 1.29 is 9.53 Å². The first-order valence-electron chi connectivity index (χ1n) is 10.7. The molecule has 0 aromatic carbocycles. The van der Waals surface area contributed by atoms with Gasteiger partial charge in [-0.05, 0) is 20.8 Å². The van der Waals surface area contributed by atoms with Gasteiger partial charge in [-0.2, -0.15) is 10.2 Å². The van der Waals surface area contributed by atoms with Gasteiger partial charge < -0.3 is 9.64 Å². The van der Waals surface area contributed by atoms with Gasteiger partial charge in [0.25, 0.3) is 0 Å². The Morgan fingerprint density at radius 1 is 1.18 bits per heavy atom. The van der Waals surface area contributed by atoms with Gasteiger partial charge in [-0.3, -0.25) is 13.8 Å². The second-order valence-corrected chi connectivity index (χ2v) is 9.34. The molecule has 0 radical (unpaired) electrons. The Hall–Kier alpha value is -3.95. The van der Waals surface area contributed by atoms with Gasteiger partial charge in [0.1, 0.15) is 22.6 Å². The number of fused-ring (bicyclic) bond motifs is 1. The molecule has 33 heavy (non-hydrogen) atoms. The van der Waals surface area contributed by atoms with E-state index < -0.39 is 11.1 Å². The van der Waals surface area contributed by atoms with Crippen LogP contribution in [0, 0.1) is 0 Å². The number of carbonyl (C=O) groups excluding carboxylic acids is 1. The molecule has 10 nitrogen and oxygen atoms in total. The van der Waals surface area contributed by atoms with Gasteiger partial charge in [0, 0.05) is 43.5 Å². The number of likely N-dealkylation sites (tertiary alicyclic amines) is 1. The van der Waals surface area contributed by atoms with Crippen molar-refractivity contribution in [1.82, 2.24) is 38.8 Å². The summed E-state index contributed by atoms with van der Waals surface area (Å²) < 4.78 is 11.0. The molecule has 0 spiro atoms. The van der Waals surface area contributed by atoms with Gasteiger partial charge in [-0.25, -0.2) is 14.8 Å². The number of ether oxygens (including phenoxy) is 1. The van der Waals surface area contributed by atoms with Crippen molar-refractivity contribution in [2.75, 3.05) is 13.1 Å². The van der Waals surface area contributed by atoms with Crippen LogP contribution in [0.3, 0.4) is 0 Å². The molecule has 0 unspecified atom stereocenters. The Morgan fingerprint density at radius 3 is 2.61 bits per heavy atom. The van der Waals surface area contributed by atoms with E-state index >= 15 is 0 Å². The fraction of sp³-hybridized carbons (Fsp3) is 0.348. The Morgan fingerprint density at radius 2 is 1.94 bits per heavy atom. The minimum atomic E-state index is -0.538. The van der Waals surface area contributed by atoms with E-state index in [-0.39, 0.29) is 6.09 Å². The van der Waals surface area contributed by atoms with Crippen LogP contribution in [0.15, 0.2) is 55.9 Å². The first-order valence-corrected chi connectivity index (χ1v) is 10.7. The van der Waals surface area contributed by atoms with Crippen molar-refractivity contribution >= 4 is 11.7 Å². The number of hydrogen-bond acceptors (Lipinski definition) is 6. The molecule has 4 aromatic heterocycles. The maximum absolute atomic E-state index is 12.4. The highest BCUT2D eigenvalue weighted by Crippen LogP contribution is 2.33. The number of aromatic nitrogens is 7. The smallest absolute Gasteiger partial charge is 0.410 e. The minimum absolute atomic E-state index is 0.335. The summed E-state index contributed by atoms with van der Waals surface area (Å²) in [5.41, 5.74) is 2.27. The fourth-order valence-corrected chi connectivity index (χ4v) is 3.95.